The SMILES string of the molecule is COCCOC(=O)c1c(NC(=O)CSc2nnnn2C(C)C)sc(C(N)=O)c1C. The lowest BCUT2D eigenvalue weighted by molar-refractivity contribution is -0.113. The first kappa shape index (κ1) is 22.8. The third kappa shape index (κ3) is 5.74. The summed E-state index contributed by atoms with van der Waals surface area (Å²) in [5, 5.41) is 14.7. The molecular weight excluding hydrogens is 420 g/mol. The van der Waals surface area contributed by atoms with Crippen molar-refractivity contribution in [1.29, 1.82) is 0 Å². The highest BCUT2D eigenvalue weighted by Gasteiger charge is 2.26. The second-order valence-electron chi connectivity index (χ2n) is 6.09. The molecule has 0 aromatic carbocycles. The molecule has 2 rings (SSSR count). The summed E-state index contributed by atoms with van der Waals surface area (Å²) in [5.74, 6) is -1.75. The Bertz CT molecular complexity index is 894. The number of hydrogen-bond donors (Lipinski definition) is 2. The van der Waals surface area contributed by atoms with Crippen molar-refractivity contribution in [1.82, 2.24) is 20.2 Å². The van der Waals surface area contributed by atoms with Crippen molar-refractivity contribution in [3.8, 4) is 0 Å². The number of nitrogens with two attached hydrogens (primary N) is 1. The number of primary amides is 1. The number of amides is 2. The smallest absolute Gasteiger partial charge is 0.341 e. The Kier molecular flexibility index (Phi) is 8.10. The van der Waals surface area contributed by atoms with Gasteiger partial charge in [0.1, 0.15) is 11.6 Å². The fourth-order valence-corrected chi connectivity index (χ4v) is 4.14. The first-order valence-electron chi connectivity index (χ1n) is 8.56. The number of ether oxygens (including phenoxy) is 2. The van der Waals surface area contributed by atoms with E-state index in [4.69, 9.17) is 15.2 Å². The molecule has 0 fully saturated rings. The average molecular weight is 443 g/mol. The average Bonchev–Trinajstić information content (AvgIpc) is 3.24. The van der Waals surface area contributed by atoms with Gasteiger partial charge in [0.15, 0.2) is 0 Å². The van der Waals surface area contributed by atoms with Crippen LogP contribution >= 0.6 is 23.1 Å². The van der Waals surface area contributed by atoms with Gasteiger partial charge in [0.25, 0.3) is 5.91 Å². The number of carbonyl (C=O) groups is 3. The van der Waals surface area contributed by atoms with E-state index in [1.165, 1.54) is 7.11 Å². The fraction of sp³-hybridized carbons (Fsp3) is 0.500. The van der Waals surface area contributed by atoms with Crippen LogP contribution in [0.2, 0.25) is 0 Å². The summed E-state index contributed by atoms with van der Waals surface area (Å²) in [4.78, 5) is 36.7. The molecule has 0 spiro atoms. The van der Waals surface area contributed by atoms with Crippen LogP contribution in [0.5, 0.6) is 0 Å². The van der Waals surface area contributed by atoms with E-state index < -0.39 is 17.8 Å². The quantitative estimate of drug-likeness (QED) is 0.315. The normalized spacial score (nSPS) is 10.9. The van der Waals surface area contributed by atoms with Gasteiger partial charge in [0, 0.05) is 7.11 Å². The summed E-state index contributed by atoms with van der Waals surface area (Å²) in [7, 11) is 1.48. The molecule has 11 nitrogen and oxygen atoms in total. The number of aromatic nitrogens is 4. The Morgan fingerprint density at radius 1 is 1.31 bits per heavy atom. The van der Waals surface area contributed by atoms with E-state index in [0.717, 1.165) is 23.1 Å². The van der Waals surface area contributed by atoms with E-state index in [1.807, 2.05) is 13.8 Å². The van der Waals surface area contributed by atoms with Crippen LogP contribution < -0.4 is 11.1 Å². The lowest BCUT2D eigenvalue weighted by Crippen LogP contribution is -2.18. The first-order chi connectivity index (χ1) is 13.8. The number of nitrogens with zero attached hydrogens (tertiary/aromatic N) is 4. The highest BCUT2D eigenvalue weighted by molar-refractivity contribution is 7.99. The van der Waals surface area contributed by atoms with E-state index in [9.17, 15) is 14.4 Å². The molecule has 29 heavy (non-hydrogen) atoms. The monoisotopic (exact) mass is 442 g/mol. The van der Waals surface area contributed by atoms with Gasteiger partial charge >= 0.3 is 5.97 Å². The summed E-state index contributed by atoms with van der Waals surface area (Å²) >= 11 is 2.08. The van der Waals surface area contributed by atoms with E-state index >= 15 is 0 Å². The second kappa shape index (κ2) is 10.3. The molecule has 2 aromatic rings. The number of esters is 1. The maximum atomic E-state index is 12.4. The largest absolute Gasteiger partial charge is 0.460 e. The van der Waals surface area contributed by atoms with Crippen LogP contribution in [-0.2, 0) is 14.3 Å². The van der Waals surface area contributed by atoms with Gasteiger partial charge in [-0.3, -0.25) is 9.59 Å². The molecule has 3 N–H and O–H groups in total. The molecular formula is C16H22N6O5S2. The minimum atomic E-state index is -0.690. The summed E-state index contributed by atoms with van der Waals surface area (Å²) in [6, 6.07) is 0.0436. The predicted molar refractivity (Wildman–Crippen MR) is 107 cm³/mol. The molecule has 0 aliphatic heterocycles. The molecule has 13 heteroatoms. The minimum Gasteiger partial charge on any atom is -0.460 e. The van der Waals surface area contributed by atoms with Gasteiger partial charge in [0.05, 0.1) is 28.8 Å². The summed E-state index contributed by atoms with van der Waals surface area (Å²) < 4.78 is 11.6. The highest BCUT2D eigenvalue weighted by atomic mass is 32.2. The van der Waals surface area contributed by atoms with Crippen LogP contribution in [0, 0.1) is 6.92 Å². The molecule has 2 heterocycles. The van der Waals surface area contributed by atoms with Crippen LogP contribution in [0.4, 0.5) is 5.00 Å². The zero-order valence-electron chi connectivity index (χ0n) is 16.4. The molecule has 0 saturated carbocycles. The van der Waals surface area contributed by atoms with Crippen molar-refractivity contribution >= 4 is 45.9 Å². The maximum Gasteiger partial charge on any atom is 0.341 e. The van der Waals surface area contributed by atoms with Crippen LogP contribution in [0.15, 0.2) is 5.16 Å². The molecule has 0 aliphatic carbocycles. The highest BCUT2D eigenvalue weighted by Crippen LogP contribution is 2.33. The number of methoxy groups -OCH3 is 1. The molecule has 0 radical (unpaired) electrons. The Morgan fingerprint density at radius 2 is 2.03 bits per heavy atom. The van der Waals surface area contributed by atoms with Crippen molar-refractivity contribution in [3.63, 3.8) is 0 Å². The van der Waals surface area contributed by atoms with Gasteiger partial charge in [0.2, 0.25) is 11.1 Å². The summed E-state index contributed by atoms with van der Waals surface area (Å²) in [5.41, 5.74) is 5.83. The topological polar surface area (TPSA) is 151 Å². The number of tetrazole rings is 1. The van der Waals surface area contributed by atoms with Crippen molar-refractivity contribution in [2.45, 2.75) is 32.0 Å². The van der Waals surface area contributed by atoms with E-state index in [-0.39, 0.29) is 40.5 Å². The Morgan fingerprint density at radius 3 is 2.66 bits per heavy atom. The zero-order chi connectivity index (χ0) is 21.6. The van der Waals surface area contributed by atoms with Crippen LogP contribution in [0.3, 0.4) is 0 Å². The Labute approximate surface area is 175 Å². The third-order valence-electron chi connectivity index (χ3n) is 3.63. The zero-order valence-corrected chi connectivity index (χ0v) is 18.1. The number of anilines is 1. The van der Waals surface area contributed by atoms with Gasteiger partial charge in [-0.1, -0.05) is 11.8 Å². The van der Waals surface area contributed by atoms with E-state index in [1.54, 1.807) is 11.6 Å². The molecule has 0 aliphatic rings. The van der Waals surface area contributed by atoms with Gasteiger partial charge in [-0.05, 0) is 36.8 Å². The van der Waals surface area contributed by atoms with Crippen molar-refractivity contribution in [2.75, 3.05) is 31.4 Å². The molecule has 0 atom stereocenters. The van der Waals surface area contributed by atoms with Gasteiger partial charge < -0.3 is 20.5 Å². The minimum absolute atomic E-state index is 0.00804. The number of thioether (sulfide) groups is 1. The van der Waals surface area contributed by atoms with Crippen LogP contribution in [0.25, 0.3) is 0 Å². The van der Waals surface area contributed by atoms with Gasteiger partial charge in [-0.25, -0.2) is 9.48 Å². The standard InChI is InChI=1S/C16H22N6O5S2/c1-8(2)22-16(19-20-21-22)28-7-10(23)18-14-11(15(25)27-6-5-26-4)9(3)12(29-14)13(17)24/h8H,5-7H2,1-4H3,(H2,17,24)(H,18,23). The summed E-state index contributed by atoms with van der Waals surface area (Å²) in [6.45, 7) is 5.67. The number of hydrogen-bond acceptors (Lipinski definition) is 10. The lowest BCUT2D eigenvalue weighted by Gasteiger charge is -2.09. The number of carbonyl (C=O) groups excluding carboxylic acids is 3. The van der Waals surface area contributed by atoms with Crippen LogP contribution in [-0.4, -0.2) is 64.1 Å². The first-order valence-corrected chi connectivity index (χ1v) is 10.4. The lowest BCUT2D eigenvalue weighted by atomic mass is 10.1. The van der Waals surface area contributed by atoms with Crippen molar-refractivity contribution < 1.29 is 23.9 Å². The summed E-state index contributed by atoms with van der Waals surface area (Å²) in [6.07, 6.45) is 0. The molecule has 2 amide bonds. The van der Waals surface area contributed by atoms with E-state index in [0.29, 0.717) is 10.7 Å². The van der Waals surface area contributed by atoms with Gasteiger partial charge in [-0.15, -0.1) is 16.4 Å². The molecule has 0 unspecified atom stereocenters. The maximum absolute atomic E-state index is 12.4. The predicted octanol–water partition coefficient (Wildman–Crippen LogP) is 1.26. The van der Waals surface area contributed by atoms with Crippen molar-refractivity contribution in [3.05, 3.63) is 16.0 Å². The van der Waals surface area contributed by atoms with E-state index in [2.05, 4.69) is 20.8 Å². The number of thiophene rings is 1. The third-order valence-corrected chi connectivity index (χ3v) is 5.79. The fourth-order valence-electron chi connectivity index (χ4n) is 2.27. The molecule has 2 aromatic heterocycles. The van der Waals surface area contributed by atoms with Crippen molar-refractivity contribution in [2.24, 2.45) is 5.73 Å². The number of nitrogens with one attached hydrogen (secondary N) is 1. The Hall–Kier alpha value is -2.51. The second-order valence-corrected chi connectivity index (χ2v) is 8.05. The Balaban J connectivity index is 2.14. The van der Waals surface area contributed by atoms with Gasteiger partial charge in [-0.2, -0.15) is 0 Å². The molecule has 158 valence electrons. The number of rotatable bonds is 10. The molecule has 0 saturated heterocycles. The molecule has 0 bridgehead atoms. The van der Waals surface area contributed by atoms with Crippen LogP contribution in [0.1, 0.15) is 45.5 Å².